The Labute approximate surface area is 162 Å². The van der Waals surface area contributed by atoms with E-state index in [0.717, 1.165) is 10.6 Å². The predicted molar refractivity (Wildman–Crippen MR) is 103 cm³/mol. The number of carbonyl (C=O) groups is 1. The van der Waals surface area contributed by atoms with Crippen molar-refractivity contribution in [1.82, 2.24) is 9.88 Å². The average molecular weight is 394 g/mol. The number of rotatable bonds is 7. The van der Waals surface area contributed by atoms with Gasteiger partial charge in [-0.1, -0.05) is 26.0 Å². The highest BCUT2D eigenvalue weighted by atomic mass is 32.2. The molecule has 27 heavy (non-hydrogen) atoms. The Morgan fingerprint density at radius 3 is 2.85 bits per heavy atom. The Bertz CT molecular complexity index is 775. The van der Waals surface area contributed by atoms with Crippen molar-refractivity contribution in [2.75, 3.05) is 13.1 Å². The number of hydrogen-bond donors (Lipinski definition) is 1. The first-order valence-corrected chi connectivity index (χ1v) is 10.0. The summed E-state index contributed by atoms with van der Waals surface area (Å²) in [6.45, 7) is 4.89. The van der Waals surface area contributed by atoms with Gasteiger partial charge in [-0.3, -0.25) is 9.69 Å². The fraction of sp³-hybridized carbons (Fsp3) is 0.500. The van der Waals surface area contributed by atoms with E-state index in [4.69, 9.17) is 5.11 Å². The van der Waals surface area contributed by atoms with E-state index in [1.807, 2.05) is 6.07 Å². The normalized spacial score (nSPS) is 23.7. The predicted octanol–water partition coefficient (Wildman–Crippen LogP) is 4.69. The van der Waals surface area contributed by atoms with Gasteiger partial charge >= 0.3 is 5.97 Å². The quantitative estimate of drug-likeness (QED) is 0.537. The van der Waals surface area contributed by atoms with Gasteiger partial charge in [0.1, 0.15) is 5.03 Å². The number of hydrogen-bond acceptors (Lipinski definition) is 4. The zero-order valence-corrected chi connectivity index (χ0v) is 16.3. The summed E-state index contributed by atoms with van der Waals surface area (Å²) >= 11 is 1.59. The second kappa shape index (κ2) is 8.10. The molecule has 1 saturated heterocycles. The second-order valence-corrected chi connectivity index (χ2v) is 8.91. The van der Waals surface area contributed by atoms with Gasteiger partial charge in [-0.2, -0.15) is 0 Å². The van der Waals surface area contributed by atoms with Crippen LogP contribution < -0.4 is 0 Å². The first-order valence-electron chi connectivity index (χ1n) is 9.15. The minimum Gasteiger partial charge on any atom is -0.481 e. The van der Waals surface area contributed by atoms with Gasteiger partial charge in [0.05, 0.1) is 0 Å². The molecule has 1 N–H and O–H groups in total. The van der Waals surface area contributed by atoms with Crippen LogP contribution in [0, 0.1) is 5.92 Å². The topological polar surface area (TPSA) is 53.4 Å². The van der Waals surface area contributed by atoms with Crippen LogP contribution in [0.3, 0.4) is 0 Å². The summed E-state index contributed by atoms with van der Waals surface area (Å²) in [6.07, 6.45) is 5.22. The van der Waals surface area contributed by atoms with Crippen molar-refractivity contribution in [2.24, 2.45) is 5.92 Å². The monoisotopic (exact) mass is 394 g/mol. The van der Waals surface area contributed by atoms with Gasteiger partial charge < -0.3 is 5.11 Å². The second-order valence-electron chi connectivity index (χ2n) is 7.34. The molecule has 1 aliphatic carbocycles. The lowest BCUT2D eigenvalue weighted by molar-refractivity contribution is -0.138. The molecule has 1 aliphatic heterocycles. The van der Waals surface area contributed by atoms with Crippen LogP contribution in [0.25, 0.3) is 5.57 Å². The lowest BCUT2D eigenvalue weighted by Gasteiger charge is -2.47. The molecular formula is C20H24F2N2O2S. The largest absolute Gasteiger partial charge is 0.481 e. The van der Waals surface area contributed by atoms with Crippen LogP contribution in [-0.4, -0.2) is 45.1 Å². The highest BCUT2D eigenvalue weighted by Crippen LogP contribution is 2.43. The maximum Gasteiger partial charge on any atom is 0.303 e. The number of carboxylic acid groups (broad SMARTS) is 1. The number of thioether (sulfide) groups is 1. The molecule has 1 unspecified atom stereocenters. The molecule has 4 nitrogen and oxygen atoms in total. The summed E-state index contributed by atoms with van der Waals surface area (Å²) in [5.74, 6) is -3.66. The van der Waals surface area contributed by atoms with E-state index >= 15 is 4.39 Å². The molecule has 2 aliphatic rings. The Balaban J connectivity index is 1.70. The summed E-state index contributed by atoms with van der Waals surface area (Å²) in [4.78, 5) is 16.5. The molecule has 1 aromatic rings. The molecule has 0 saturated carbocycles. The Hall–Kier alpha value is -1.73. The summed E-state index contributed by atoms with van der Waals surface area (Å²) in [5, 5.41) is 9.88. The molecule has 0 aromatic carbocycles. The SMILES string of the molecule is CC(C)Sc1ncccc1C1=CCC(F)(N2CC(CCC(=O)O)C2)C(F)=C1. The molecule has 146 valence electrons. The minimum absolute atomic E-state index is 0.0585. The number of allylic oxidation sites excluding steroid dienone is 2. The molecule has 1 aromatic heterocycles. The van der Waals surface area contributed by atoms with E-state index in [-0.39, 0.29) is 18.8 Å². The van der Waals surface area contributed by atoms with Crippen molar-refractivity contribution in [3.05, 3.63) is 41.9 Å². The van der Waals surface area contributed by atoms with E-state index < -0.39 is 17.6 Å². The van der Waals surface area contributed by atoms with Crippen molar-refractivity contribution in [3.63, 3.8) is 0 Å². The zero-order chi connectivity index (χ0) is 19.6. The van der Waals surface area contributed by atoms with Crippen molar-refractivity contribution in [2.45, 2.75) is 49.2 Å². The standard InChI is InChI=1S/C20H24F2N2O2S/c1-13(2)27-19-16(4-3-9-23-19)15-7-8-20(22,17(21)10-15)24-11-14(12-24)5-6-18(25)26/h3-4,7,9-10,13-14H,5-6,8,11-12H2,1-2H3,(H,25,26). The van der Waals surface area contributed by atoms with Gasteiger partial charge in [-0.25, -0.2) is 13.8 Å². The molecule has 1 atom stereocenters. The van der Waals surface area contributed by atoms with Crippen LogP contribution in [-0.2, 0) is 4.79 Å². The molecule has 2 heterocycles. The zero-order valence-electron chi connectivity index (χ0n) is 15.5. The molecule has 0 bridgehead atoms. The number of aromatic nitrogens is 1. The summed E-state index contributed by atoms with van der Waals surface area (Å²) < 4.78 is 30.0. The third-order valence-corrected chi connectivity index (χ3v) is 5.92. The van der Waals surface area contributed by atoms with Crippen LogP contribution in [0.4, 0.5) is 8.78 Å². The number of carboxylic acids is 1. The molecular weight excluding hydrogens is 370 g/mol. The molecule has 7 heteroatoms. The van der Waals surface area contributed by atoms with Crippen LogP contribution in [0.5, 0.6) is 0 Å². The van der Waals surface area contributed by atoms with Gasteiger partial charge in [0.2, 0.25) is 5.79 Å². The average Bonchev–Trinajstić information content (AvgIpc) is 2.56. The number of aliphatic carboxylic acids is 1. The van der Waals surface area contributed by atoms with Gasteiger partial charge in [0.25, 0.3) is 0 Å². The third kappa shape index (κ3) is 4.41. The van der Waals surface area contributed by atoms with Crippen LogP contribution in [0.1, 0.15) is 38.7 Å². The first kappa shape index (κ1) is 20.0. The Morgan fingerprint density at radius 2 is 2.22 bits per heavy atom. The number of alkyl halides is 1. The van der Waals surface area contributed by atoms with E-state index in [1.165, 1.54) is 11.0 Å². The van der Waals surface area contributed by atoms with E-state index in [9.17, 15) is 9.18 Å². The smallest absolute Gasteiger partial charge is 0.303 e. The van der Waals surface area contributed by atoms with Crippen LogP contribution in [0.15, 0.2) is 41.3 Å². The van der Waals surface area contributed by atoms with Crippen molar-refractivity contribution in [3.8, 4) is 0 Å². The summed E-state index contributed by atoms with van der Waals surface area (Å²) in [6, 6.07) is 3.68. The van der Waals surface area contributed by atoms with Gasteiger partial charge in [0.15, 0.2) is 5.83 Å². The van der Waals surface area contributed by atoms with Crippen molar-refractivity contribution < 1.29 is 18.7 Å². The van der Waals surface area contributed by atoms with Crippen LogP contribution in [0.2, 0.25) is 0 Å². The fourth-order valence-corrected chi connectivity index (χ4v) is 4.29. The van der Waals surface area contributed by atoms with Crippen LogP contribution >= 0.6 is 11.8 Å². The lowest BCUT2D eigenvalue weighted by Crippen LogP contribution is -2.58. The molecule has 0 spiro atoms. The number of likely N-dealkylation sites (tertiary alicyclic amines) is 1. The van der Waals surface area contributed by atoms with Gasteiger partial charge in [-0.05, 0) is 30.1 Å². The lowest BCUT2D eigenvalue weighted by atomic mass is 9.87. The van der Waals surface area contributed by atoms with E-state index in [0.29, 0.717) is 30.3 Å². The highest BCUT2D eigenvalue weighted by Gasteiger charge is 2.48. The van der Waals surface area contributed by atoms with E-state index in [2.05, 4.69) is 18.8 Å². The first-order chi connectivity index (χ1) is 12.8. The summed E-state index contributed by atoms with van der Waals surface area (Å²) in [5.41, 5.74) is 1.47. The highest BCUT2D eigenvalue weighted by molar-refractivity contribution is 7.99. The van der Waals surface area contributed by atoms with Gasteiger partial charge in [-0.15, -0.1) is 11.8 Å². The molecule has 0 radical (unpaired) electrons. The third-order valence-electron chi connectivity index (χ3n) is 4.90. The Morgan fingerprint density at radius 1 is 1.48 bits per heavy atom. The van der Waals surface area contributed by atoms with Gasteiger partial charge in [0, 0.05) is 42.9 Å². The van der Waals surface area contributed by atoms with E-state index in [1.54, 1.807) is 30.1 Å². The number of pyridine rings is 1. The summed E-state index contributed by atoms with van der Waals surface area (Å²) in [7, 11) is 0. The molecule has 1 fully saturated rings. The molecule has 3 rings (SSSR count). The maximum atomic E-state index is 15.3. The maximum absolute atomic E-state index is 15.3. The number of nitrogens with zero attached hydrogens (tertiary/aromatic N) is 2. The number of halogens is 2. The van der Waals surface area contributed by atoms with Crippen molar-refractivity contribution in [1.29, 1.82) is 0 Å². The molecule has 0 amide bonds. The Kier molecular flexibility index (Phi) is 6.01. The fourth-order valence-electron chi connectivity index (χ4n) is 3.41. The van der Waals surface area contributed by atoms with Crippen molar-refractivity contribution >= 4 is 23.3 Å². The minimum atomic E-state index is -2.13.